The maximum Gasteiger partial charge on any atom is 0.253 e. The van der Waals surface area contributed by atoms with E-state index in [0.29, 0.717) is 13.2 Å². The number of amides is 1. The van der Waals surface area contributed by atoms with Crippen LogP contribution in [0.3, 0.4) is 0 Å². The molecule has 162 valence electrons. The molecule has 0 fully saturated rings. The average molecular weight is 411 g/mol. The smallest absolute Gasteiger partial charge is 0.253 e. The second-order valence-electron chi connectivity index (χ2n) is 7.01. The molecule has 2 aromatic rings. The summed E-state index contributed by atoms with van der Waals surface area (Å²) < 4.78 is 5.50. The molecule has 1 amide bonds. The molecule has 2 aromatic carbocycles. The molecule has 30 heavy (non-hydrogen) atoms. The van der Waals surface area contributed by atoms with E-state index in [4.69, 9.17) is 4.74 Å². The standard InChI is InChI=1S/C24H34N4O2/c1-6-28(7-2)23(29)21-13-9-19(10-14-21)17-26-24(25-4)27(5)18-20-11-15-22(16-12-20)30-8-3/h9-16H,6-8,17-18H2,1-5H3,(H,25,26). The van der Waals surface area contributed by atoms with Crippen molar-refractivity contribution in [1.29, 1.82) is 0 Å². The zero-order valence-corrected chi connectivity index (χ0v) is 18.8. The predicted molar refractivity (Wildman–Crippen MR) is 123 cm³/mol. The van der Waals surface area contributed by atoms with Crippen molar-refractivity contribution in [2.45, 2.75) is 33.9 Å². The first kappa shape index (κ1) is 23.3. The van der Waals surface area contributed by atoms with Crippen molar-refractivity contribution in [2.75, 3.05) is 33.8 Å². The fourth-order valence-electron chi connectivity index (χ4n) is 3.23. The Labute approximate surface area is 180 Å². The van der Waals surface area contributed by atoms with Gasteiger partial charge in [0.15, 0.2) is 5.96 Å². The van der Waals surface area contributed by atoms with Crippen LogP contribution in [-0.2, 0) is 13.1 Å². The van der Waals surface area contributed by atoms with E-state index in [2.05, 4.69) is 27.3 Å². The first-order chi connectivity index (χ1) is 14.5. The van der Waals surface area contributed by atoms with E-state index >= 15 is 0 Å². The molecule has 0 bridgehead atoms. The first-order valence-corrected chi connectivity index (χ1v) is 10.5. The molecule has 0 aliphatic rings. The van der Waals surface area contributed by atoms with Gasteiger partial charge in [-0.1, -0.05) is 24.3 Å². The van der Waals surface area contributed by atoms with Gasteiger partial charge in [0.25, 0.3) is 5.91 Å². The van der Waals surface area contributed by atoms with Crippen molar-refractivity contribution < 1.29 is 9.53 Å². The fourth-order valence-corrected chi connectivity index (χ4v) is 3.23. The largest absolute Gasteiger partial charge is 0.494 e. The lowest BCUT2D eigenvalue weighted by atomic mass is 10.1. The van der Waals surface area contributed by atoms with Gasteiger partial charge in [0.2, 0.25) is 0 Å². The topological polar surface area (TPSA) is 57.2 Å². The lowest BCUT2D eigenvalue weighted by molar-refractivity contribution is 0.0773. The minimum atomic E-state index is 0.0745. The number of hydrogen-bond donors (Lipinski definition) is 1. The van der Waals surface area contributed by atoms with E-state index in [1.54, 1.807) is 7.05 Å². The molecule has 0 aromatic heterocycles. The van der Waals surface area contributed by atoms with Gasteiger partial charge in [-0.15, -0.1) is 0 Å². The molecule has 0 unspecified atom stereocenters. The summed E-state index contributed by atoms with van der Waals surface area (Å²) in [4.78, 5) is 20.7. The van der Waals surface area contributed by atoms with Crippen molar-refractivity contribution in [3.63, 3.8) is 0 Å². The summed E-state index contributed by atoms with van der Waals surface area (Å²) >= 11 is 0. The maximum absolute atomic E-state index is 12.4. The molecule has 1 N–H and O–H groups in total. The molecule has 0 saturated heterocycles. The number of benzene rings is 2. The minimum Gasteiger partial charge on any atom is -0.494 e. The van der Waals surface area contributed by atoms with Gasteiger partial charge in [-0.2, -0.15) is 0 Å². The lowest BCUT2D eigenvalue weighted by Crippen LogP contribution is -2.38. The van der Waals surface area contributed by atoms with Crippen LogP contribution < -0.4 is 10.1 Å². The molecule has 2 rings (SSSR count). The summed E-state index contributed by atoms with van der Waals surface area (Å²) in [6, 6.07) is 15.9. The van der Waals surface area contributed by atoms with Gasteiger partial charge in [0, 0.05) is 45.8 Å². The second-order valence-corrected chi connectivity index (χ2v) is 7.01. The van der Waals surface area contributed by atoms with Crippen LogP contribution in [0.5, 0.6) is 5.75 Å². The van der Waals surface area contributed by atoms with Crippen LogP contribution in [0.15, 0.2) is 53.5 Å². The Kier molecular flexibility index (Phi) is 9.19. The van der Waals surface area contributed by atoms with Crippen LogP contribution in [0.4, 0.5) is 0 Å². The summed E-state index contributed by atoms with van der Waals surface area (Å²) in [6.45, 7) is 9.45. The number of hydrogen-bond acceptors (Lipinski definition) is 3. The summed E-state index contributed by atoms with van der Waals surface area (Å²) in [5.74, 6) is 1.77. The number of ether oxygens (including phenoxy) is 1. The Morgan fingerprint density at radius 3 is 2.10 bits per heavy atom. The van der Waals surface area contributed by atoms with E-state index in [0.717, 1.165) is 42.5 Å². The average Bonchev–Trinajstić information content (AvgIpc) is 2.77. The molecule has 0 aliphatic carbocycles. The lowest BCUT2D eigenvalue weighted by Gasteiger charge is -2.22. The number of carbonyl (C=O) groups is 1. The molecular weight excluding hydrogens is 376 g/mol. The van der Waals surface area contributed by atoms with Crippen molar-refractivity contribution in [3.8, 4) is 5.75 Å². The summed E-state index contributed by atoms with van der Waals surface area (Å²) in [6.07, 6.45) is 0. The number of rotatable bonds is 9. The maximum atomic E-state index is 12.4. The van der Waals surface area contributed by atoms with Gasteiger partial charge in [0.05, 0.1) is 6.61 Å². The number of nitrogens with zero attached hydrogens (tertiary/aromatic N) is 3. The molecule has 0 heterocycles. The molecule has 0 aliphatic heterocycles. The Morgan fingerprint density at radius 1 is 0.967 bits per heavy atom. The highest BCUT2D eigenvalue weighted by molar-refractivity contribution is 5.94. The van der Waals surface area contributed by atoms with Gasteiger partial charge in [-0.3, -0.25) is 9.79 Å². The first-order valence-electron chi connectivity index (χ1n) is 10.5. The van der Waals surface area contributed by atoms with E-state index < -0.39 is 0 Å². The third kappa shape index (κ3) is 6.51. The van der Waals surface area contributed by atoms with E-state index in [9.17, 15) is 4.79 Å². The van der Waals surface area contributed by atoms with Crippen LogP contribution in [0.25, 0.3) is 0 Å². The number of nitrogens with one attached hydrogen (secondary N) is 1. The van der Waals surface area contributed by atoms with Gasteiger partial charge >= 0.3 is 0 Å². The number of guanidine groups is 1. The quantitative estimate of drug-likeness (QED) is 0.505. The van der Waals surface area contributed by atoms with Gasteiger partial charge in [-0.05, 0) is 56.2 Å². The highest BCUT2D eigenvalue weighted by atomic mass is 16.5. The number of carbonyl (C=O) groups excluding carboxylic acids is 1. The molecule has 0 saturated carbocycles. The second kappa shape index (κ2) is 11.9. The van der Waals surface area contributed by atoms with Crippen molar-refractivity contribution >= 4 is 11.9 Å². The zero-order valence-electron chi connectivity index (χ0n) is 18.8. The highest BCUT2D eigenvalue weighted by Crippen LogP contribution is 2.13. The number of aliphatic imine (C=N–C) groups is 1. The molecular formula is C24H34N4O2. The Morgan fingerprint density at radius 2 is 1.57 bits per heavy atom. The third-order valence-corrected chi connectivity index (χ3v) is 4.93. The van der Waals surface area contributed by atoms with Crippen LogP contribution in [0, 0.1) is 0 Å². The molecule has 0 atom stereocenters. The summed E-state index contributed by atoms with van der Waals surface area (Å²) in [5, 5.41) is 3.39. The van der Waals surface area contributed by atoms with Crippen LogP contribution >= 0.6 is 0 Å². The summed E-state index contributed by atoms with van der Waals surface area (Å²) in [5.41, 5.74) is 3.00. The van der Waals surface area contributed by atoms with Crippen molar-refractivity contribution in [1.82, 2.24) is 15.1 Å². The Hall–Kier alpha value is -3.02. The normalized spacial score (nSPS) is 11.2. The van der Waals surface area contributed by atoms with E-state index in [1.807, 2.05) is 69.1 Å². The molecule has 6 heteroatoms. The van der Waals surface area contributed by atoms with Gasteiger partial charge in [-0.25, -0.2) is 0 Å². The van der Waals surface area contributed by atoms with E-state index in [-0.39, 0.29) is 5.91 Å². The molecule has 0 spiro atoms. The molecule has 6 nitrogen and oxygen atoms in total. The minimum absolute atomic E-state index is 0.0745. The van der Waals surface area contributed by atoms with Gasteiger partial charge < -0.3 is 19.9 Å². The Bertz CT molecular complexity index is 812. The SMILES string of the molecule is CCOc1ccc(CN(C)C(=NC)NCc2ccc(C(=O)N(CC)CC)cc2)cc1. The predicted octanol–water partition coefficient (Wildman–Crippen LogP) is 3.77. The van der Waals surface area contributed by atoms with Crippen molar-refractivity contribution in [2.24, 2.45) is 4.99 Å². The van der Waals surface area contributed by atoms with E-state index in [1.165, 1.54) is 5.56 Å². The van der Waals surface area contributed by atoms with Crippen molar-refractivity contribution in [3.05, 3.63) is 65.2 Å². The molecule has 0 radical (unpaired) electrons. The fraction of sp³-hybridized carbons (Fsp3) is 0.417. The van der Waals surface area contributed by atoms with Crippen LogP contribution in [0.1, 0.15) is 42.3 Å². The monoisotopic (exact) mass is 410 g/mol. The zero-order chi connectivity index (χ0) is 21.9. The summed E-state index contributed by atoms with van der Waals surface area (Å²) in [7, 11) is 3.79. The highest BCUT2D eigenvalue weighted by Gasteiger charge is 2.12. The Balaban J connectivity index is 1.92. The van der Waals surface area contributed by atoms with Crippen LogP contribution in [-0.4, -0.2) is 55.5 Å². The third-order valence-electron chi connectivity index (χ3n) is 4.93. The van der Waals surface area contributed by atoms with Crippen LogP contribution in [0.2, 0.25) is 0 Å². The van der Waals surface area contributed by atoms with Gasteiger partial charge in [0.1, 0.15) is 5.75 Å².